The van der Waals surface area contributed by atoms with Gasteiger partial charge in [-0.2, -0.15) is 0 Å². The normalized spacial score (nSPS) is 11.2. The molecule has 0 heterocycles. The van der Waals surface area contributed by atoms with Crippen LogP contribution in [0.3, 0.4) is 0 Å². The van der Waals surface area contributed by atoms with Crippen molar-refractivity contribution in [2.24, 2.45) is 0 Å². The molecule has 0 atom stereocenters. The summed E-state index contributed by atoms with van der Waals surface area (Å²) in [6, 6.07) is 13.0. The molecular weight excluding hydrogens is 340 g/mol. The molecule has 0 fully saturated rings. The fourth-order valence-electron chi connectivity index (χ4n) is 2.01. The van der Waals surface area contributed by atoms with E-state index in [9.17, 15) is 4.79 Å². The van der Waals surface area contributed by atoms with Crippen LogP contribution in [0.5, 0.6) is 0 Å². The van der Waals surface area contributed by atoms with E-state index in [2.05, 4.69) is 31.4 Å². The molecule has 2 rings (SSSR count). The lowest BCUT2D eigenvalue weighted by atomic mass is 10.1. The van der Waals surface area contributed by atoms with Crippen LogP contribution in [0, 0.1) is 6.92 Å². The molecule has 2 N–H and O–H groups in total. The second-order valence-corrected chi connectivity index (χ2v) is 8.47. The number of hydrogen-bond acceptors (Lipinski definition) is 2. The predicted octanol–water partition coefficient (Wildman–Crippen LogP) is 6.57. The van der Waals surface area contributed by atoms with Crippen molar-refractivity contribution in [2.45, 2.75) is 43.8 Å². The summed E-state index contributed by atoms with van der Waals surface area (Å²) in [5.74, 6) is 0. The zero-order valence-electron chi connectivity index (χ0n) is 14.4. The van der Waals surface area contributed by atoms with E-state index in [0.717, 1.165) is 17.7 Å². The first-order valence-corrected chi connectivity index (χ1v) is 9.12. The summed E-state index contributed by atoms with van der Waals surface area (Å²) in [4.78, 5) is 13.3. The van der Waals surface area contributed by atoms with Gasteiger partial charge >= 0.3 is 6.03 Å². The molecule has 0 spiro atoms. The first-order valence-electron chi connectivity index (χ1n) is 7.92. The van der Waals surface area contributed by atoms with E-state index in [1.165, 1.54) is 4.90 Å². The number of halogens is 1. The molecule has 0 bridgehead atoms. The summed E-state index contributed by atoms with van der Waals surface area (Å²) < 4.78 is 0.207. The van der Waals surface area contributed by atoms with Crippen LogP contribution >= 0.6 is 23.4 Å². The van der Waals surface area contributed by atoms with E-state index >= 15 is 0 Å². The van der Waals surface area contributed by atoms with Gasteiger partial charge in [0.2, 0.25) is 0 Å². The van der Waals surface area contributed by atoms with Crippen LogP contribution in [0.25, 0.3) is 0 Å². The van der Waals surface area contributed by atoms with Gasteiger partial charge in [-0.1, -0.05) is 32.4 Å². The topological polar surface area (TPSA) is 41.1 Å². The monoisotopic (exact) mass is 362 g/mol. The quantitative estimate of drug-likeness (QED) is 0.590. The molecule has 0 aliphatic carbocycles. The maximum atomic E-state index is 12.1. The molecule has 2 amide bonds. The molecule has 0 radical (unpaired) electrons. The highest BCUT2D eigenvalue weighted by Crippen LogP contribution is 2.35. The fraction of sp³-hybridized carbons (Fsp3) is 0.316. The van der Waals surface area contributed by atoms with Gasteiger partial charge in [0.05, 0.1) is 0 Å². The number of urea groups is 1. The van der Waals surface area contributed by atoms with Crippen LogP contribution in [0.2, 0.25) is 5.02 Å². The van der Waals surface area contributed by atoms with Crippen molar-refractivity contribution in [3.05, 3.63) is 53.1 Å². The van der Waals surface area contributed by atoms with E-state index in [1.54, 1.807) is 12.1 Å². The largest absolute Gasteiger partial charge is 0.323 e. The first kappa shape index (κ1) is 18.7. The number of aryl methyl sites for hydroxylation is 1. The molecule has 0 aromatic heterocycles. The Kier molecular flexibility index (Phi) is 6.19. The van der Waals surface area contributed by atoms with Gasteiger partial charge in [0.1, 0.15) is 0 Å². The molecule has 128 valence electrons. The highest BCUT2D eigenvalue weighted by atomic mass is 35.5. The van der Waals surface area contributed by atoms with Crippen LogP contribution in [0.15, 0.2) is 47.4 Å². The SMILES string of the molecule is CCC(C)(C)Sc1ccc(NC(=O)Nc2ccc(Cl)c(C)c2)cc1. The van der Waals surface area contributed by atoms with Gasteiger partial charge in [0.25, 0.3) is 0 Å². The van der Waals surface area contributed by atoms with Gasteiger partial charge in [-0.15, -0.1) is 11.8 Å². The van der Waals surface area contributed by atoms with Crippen molar-refractivity contribution in [3.8, 4) is 0 Å². The third-order valence-corrected chi connectivity index (χ3v) is 5.55. The summed E-state index contributed by atoms with van der Waals surface area (Å²) in [5.41, 5.74) is 2.40. The number of benzene rings is 2. The maximum Gasteiger partial charge on any atom is 0.323 e. The van der Waals surface area contributed by atoms with Crippen LogP contribution in [-0.2, 0) is 0 Å². The molecule has 3 nitrogen and oxygen atoms in total. The average Bonchev–Trinajstić information content (AvgIpc) is 2.52. The number of nitrogens with one attached hydrogen (secondary N) is 2. The zero-order chi connectivity index (χ0) is 17.7. The van der Waals surface area contributed by atoms with Gasteiger partial charge in [0.15, 0.2) is 0 Å². The van der Waals surface area contributed by atoms with E-state index in [0.29, 0.717) is 10.7 Å². The number of anilines is 2. The first-order chi connectivity index (χ1) is 11.3. The smallest absolute Gasteiger partial charge is 0.308 e. The number of amides is 2. The van der Waals surface area contributed by atoms with Gasteiger partial charge < -0.3 is 10.6 Å². The molecule has 24 heavy (non-hydrogen) atoms. The van der Waals surface area contributed by atoms with E-state index < -0.39 is 0 Å². The van der Waals surface area contributed by atoms with Crippen LogP contribution in [-0.4, -0.2) is 10.8 Å². The Bertz CT molecular complexity index is 714. The Morgan fingerprint density at radius 3 is 2.25 bits per heavy atom. The minimum atomic E-state index is -0.272. The number of hydrogen-bond donors (Lipinski definition) is 2. The summed E-state index contributed by atoms with van der Waals surface area (Å²) >= 11 is 7.83. The van der Waals surface area contributed by atoms with Crippen LogP contribution < -0.4 is 10.6 Å². The van der Waals surface area contributed by atoms with Crippen molar-refractivity contribution < 1.29 is 4.79 Å². The second kappa shape index (κ2) is 7.95. The van der Waals surface area contributed by atoms with E-state index in [4.69, 9.17) is 11.6 Å². The lowest BCUT2D eigenvalue weighted by molar-refractivity contribution is 0.262. The van der Waals surface area contributed by atoms with Gasteiger partial charge in [-0.05, 0) is 61.4 Å². The summed E-state index contributed by atoms with van der Waals surface area (Å²) in [7, 11) is 0. The molecule has 5 heteroatoms. The minimum absolute atomic E-state index is 0.207. The summed E-state index contributed by atoms with van der Waals surface area (Å²) in [6.45, 7) is 8.54. The molecular formula is C19H23ClN2OS. The summed E-state index contributed by atoms with van der Waals surface area (Å²) in [6.07, 6.45) is 1.10. The van der Waals surface area contributed by atoms with Gasteiger partial charge in [-0.25, -0.2) is 4.79 Å². The van der Waals surface area contributed by atoms with Gasteiger partial charge in [-0.3, -0.25) is 0 Å². The molecule has 2 aromatic rings. The lowest BCUT2D eigenvalue weighted by Gasteiger charge is -2.21. The number of carbonyl (C=O) groups excluding carboxylic acids is 1. The Labute approximate surface area is 153 Å². The molecule has 2 aromatic carbocycles. The van der Waals surface area contributed by atoms with Crippen molar-refractivity contribution in [2.75, 3.05) is 10.6 Å². The maximum absolute atomic E-state index is 12.1. The summed E-state index contributed by atoms with van der Waals surface area (Å²) in [5, 5.41) is 6.33. The number of thioether (sulfide) groups is 1. The molecule has 0 aliphatic heterocycles. The van der Waals surface area contributed by atoms with E-state index in [-0.39, 0.29) is 10.8 Å². The third-order valence-electron chi connectivity index (χ3n) is 3.77. The number of rotatable bonds is 5. The minimum Gasteiger partial charge on any atom is -0.308 e. The van der Waals surface area contributed by atoms with Crippen LogP contribution in [0.4, 0.5) is 16.2 Å². The van der Waals surface area contributed by atoms with Crippen LogP contribution in [0.1, 0.15) is 32.8 Å². The van der Waals surface area contributed by atoms with Crippen molar-refractivity contribution in [1.29, 1.82) is 0 Å². The second-order valence-electron chi connectivity index (χ2n) is 6.28. The standard InChI is InChI=1S/C19H23ClN2OS/c1-5-19(3,4)24-16-9-6-14(7-10-16)21-18(23)22-15-8-11-17(20)13(2)12-15/h6-12H,5H2,1-4H3,(H2,21,22,23). The van der Waals surface area contributed by atoms with Crippen molar-refractivity contribution in [1.82, 2.24) is 0 Å². The molecule has 0 unspecified atom stereocenters. The third kappa shape index (κ3) is 5.46. The Balaban J connectivity index is 1.95. The number of carbonyl (C=O) groups is 1. The Morgan fingerprint density at radius 1 is 1.08 bits per heavy atom. The van der Waals surface area contributed by atoms with Gasteiger partial charge in [0, 0.05) is 26.0 Å². The van der Waals surface area contributed by atoms with Crippen molar-refractivity contribution in [3.63, 3.8) is 0 Å². The Morgan fingerprint density at radius 2 is 1.67 bits per heavy atom. The predicted molar refractivity (Wildman–Crippen MR) is 105 cm³/mol. The van der Waals surface area contributed by atoms with E-state index in [1.807, 2.05) is 49.0 Å². The lowest BCUT2D eigenvalue weighted by Crippen LogP contribution is -2.19. The molecule has 0 aliphatic rings. The highest BCUT2D eigenvalue weighted by Gasteiger charge is 2.16. The average molecular weight is 363 g/mol. The molecule has 0 saturated heterocycles. The Hall–Kier alpha value is -1.65. The highest BCUT2D eigenvalue weighted by molar-refractivity contribution is 8.00. The zero-order valence-corrected chi connectivity index (χ0v) is 16.0. The fourth-order valence-corrected chi connectivity index (χ4v) is 3.19. The van der Waals surface area contributed by atoms with Crippen molar-refractivity contribution >= 4 is 40.8 Å². The molecule has 0 saturated carbocycles.